The molecule has 0 saturated heterocycles. The van der Waals surface area contributed by atoms with Gasteiger partial charge in [-0.1, -0.05) is 23.2 Å². The van der Waals surface area contributed by atoms with Gasteiger partial charge in [0.05, 0.1) is 22.2 Å². The lowest BCUT2D eigenvalue weighted by Gasteiger charge is -2.07. The first kappa shape index (κ1) is 16.4. The summed E-state index contributed by atoms with van der Waals surface area (Å²) >= 11 is 11.7. The van der Waals surface area contributed by atoms with E-state index >= 15 is 0 Å². The van der Waals surface area contributed by atoms with Crippen LogP contribution in [0.2, 0.25) is 10.0 Å². The summed E-state index contributed by atoms with van der Waals surface area (Å²) < 4.78 is 5.27. The molecule has 1 aromatic carbocycles. The molecule has 0 radical (unpaired) electrons. The Bertz CT molecular complexity index is 726. The lowest BCUT2D eigenvalue weighted by molar-refractivity contribution is -0.115. The number of benzene rings is 1. The highest BCUT2D eigenvalue weighted by Gasteiger charge is 2.14. The molecule has 2 aromatic rings. The van der Waals surface area contributed by atoms with Gasteiger partial charge in [0, 0.05) is 5.69 Å². The minimum absolute atomic E-state index is 0.164. The first-order chi connectivity index (χ1) is 10.4. The van der Waals surface area contributed by atoms with Crippen molar-refractivity contribution in [1.82, 2.24) is 5.32 Å². The first-order valence-electron chi connectivity index (χ1n) is 6.47. The summed E-state index contributed by atoms with van der Waals surface area (Å²) in [7, 11) is 0. The summed E-state index contributed by atoms with van der Waals surface area (Å²) in [6.07, 6.45) is 0. The van der Waals surface area contributed by atoms with E-state index < -0.39 is 0 Å². The molecule has 0 aliphatic rings. The van der Waals surface area contributed by atoms with E-state index in [0.717, 1.165) is 0 Å². The Kier molecular flexibility index (Phi) is 5.11. The summed E-state index contributed by atoms with van der Waals surface area (Å²) in [6.45, 7) is 3.28. The third kappa shape index (κ3) is 4.02. The van der Waals surface area contributed by atoms with Crippen molar-refractivity contribution < 1.29 is 14.0 Å². The molecule has 0 aliphatic heterocycles. The van der Waals surface area contributed by atoms with E-state index in [4.69, 9.17) is 27.6 Å². The second kappa shape index (κ2) is 6.85. The van der Waals surface area contributed by atoms with Crippen molar-refractivity contribution in [3.63, 3.8) is 0 Å². The van der Waals surface area contributed by atoms with Crippen LogP contribution in [-0.2, 0) is 4.79 Å². The molecule has 116 valence electrons. The molecule has 0 unspecified atom stereocenters. The van der Waals surface area contributed by atoms with Crippen LogP contribution in [-0.4, -0.2) is 18.4 Å². The highest BCUT2D eigenvalue weighted by molar-refractivity contribution is 6.42. The van der Waals surface area contributed by atoms with Gasteiger partial charge in [-0.3, -0.25) is 9.59 Å². The molecule has 0 saturated carbocycles. The Balaban J connectivity index is 1.91. The molecule has 1 heterocycles. The highest BCUT2D eigenvalue weighted by atomic mass is 35.5. The van der Waals surface area contributed by atoms with Gasteiger partial charge in [-0.15, -0.1) is 0 Å². The quantitative estimate of drug-likeness (QED) is 0.893. The zero-order chi connectivity index (χ0) is 16.3. The molecule has 0 bridgehead atoms. The fourth-order valence-electron chi connectivity index (χ4n) is 1.89. The number of amides is 2. The Morgan fingerprint density at radius 2 is 1.86 bits per heavy atom. The Labute approximate surface area is 137 Å². The smallest absolute Gasteiger partial charge is 0.255 e. The zero-order valence-electron chi connectivity index (χ0n) is 12.0. The van der Waals surface area contributed by atoms with E-state index in [1.165, 1.54) is 6.07 Å². The summed E-state index contributed by atoms with van der Waals surface area (Å²) in [5.74, 6) is 0.422. The van der Waals surface area contributed by atoms with Crippen LogP contribution < -0.4 is 10.6 Å². The van der Waals surface area contributed by atoms with Crippen LogP contribution >= 0.6 is 23.2 Å². The minimum Gasteiger partial charge on any atom is -0.466 e. The van der Waals surface area contributed by atoms with Crippen molar-refractivity contribution in [3.8, 4) is 0 Å². The van der Waals surface area contributed by atoms with E-state index in [1.807, 2.05) is 0 Å². The maximum absolute atomic E-state index is 11.9. The van der Waals surface area contributed by atoms with Gasteiger partial charge in [0.15, 0.2) is 0 Å². The molecule has 22 heavy (non-hydrogen) atoms. The SMILES string of the molecule is Cc1cc(C(=O)NCC(=O)Nc2ccc(Cl)c(Cl)c2)c(C)o1. The predicted octanol–water partition coefficient (Wildman–Crippen LogP) is 3.57. The summed E-state index contributed by atoms with van der Waals surface area (Å²) in [5.41, 5.74) is 0.920. The lowest BCUT2D eigenvalue weighted by Crippen LogP contribution is -2.32. The van der Waals surface area contributed by atoms with Crippen molar-refractivity contribution in [2.45, 2.75) is 13.8 Å². The number of carbonyl (C=O) groups is 2. The Morgan fingerprint density at radius 3 is 2.45 bits per heavy atom. The van der Waals surface area contributed by atoms with E-state index in [1.54, 1.807) is 32.0 Å². The number of carbonyl (C=O) groups excluding carboxylic acids is 2. The number of nitrogens with one attached hydrogen (secondary N) is 2. The van der Waals surface area contributed by atoms with E-state index in [0.29, 0.717) is 32.8 Å². The topological polar surface area (TPSA) is 71.3 Å². The standard InChI is InChI=1S/C15H14Cl2N2O3/c1-8-5-11(9(2)22-8)15(21)18-7-14(20)19-10-3-4-12(16)13(17)6-10/h3-6H,7H2,1-2H3,(H,18,21)(H,19,20). The third-order valence-electron chi connectivity index (χ3n) is 2.90. The van der Waals surface area contributed by atoms with E-state index in [2.05, 4.69) is 10.6 Å². The van der Waals surface area contributed by atoms with Crippen LogP contribution in [0.25, 0.3) is 0 Å². The highest BCUT2D eigenvalue weighted by Crippen LogP contribution is 2.24. The molecule has 2 N–H and O–H groups in total. The zero-order valence-corrected chi connectivity index (χ0v) is 13.5. The van der Waals surface area contributed by atoms with Crippen LogP contribution in [0.3, 0.4) is 0 Å². The molecule has 0 spiro atoms. The van der Waals surface area contributed by atoms with Crippen molar-refractivity contribution in [1.29, 1.82) is 0 Å². The number of hydrogen-bond acceptors (Lipinski definition) is 3. The number of anilines is 1. The number of hydrogen-bond donors (Lipinski definition) is 2. The third-order valence-corrected chi connectivity index (χ3v) is 3.64. The first-order valence-corrected chi connectivity index (χ1v) is 7.22. The molecule has 0 fully saturated rings. The van der Waals surface area contributed by atoms with Crippen molar-refractivity contribution in [3.05, 3.63) is 51.4 Å². The fraction of sp³-hybridized carbons (Fsp3) is 0.200. The van der Waals surface area contributed by atoms with Crippen LogP contribution in [0.5, 0.6) is 0 Å². The summed E-state index contributed by atoms with van der Waals surface area (Å²) in [6, 6.07) is 6.36. The molecule has 2 amide bonds. The van der Waals surface area contributed by atoms with Crippen LogP contribution in [0, 0.1) is 13.8 Å². The van der Waals surface area contributed by atoms with Gasteiger partial charge in [-0.2, -0.15) is 0 Å². The van der Waals surface area contributed by atoms with Crippen molar-refractivity contribution in [2.75, 3.05) is 11.9 Å². The average Bonchev–Trinajstić information content (AvgIpc) is 2.79. The molecule has 7 heteroatoms. The predicted molar refractivity (Wildman–Crippen MR) is 85.6 cm³/mol. The van der Waals surface area contributed by atoms with E-state index in [9.17, 15) is 9.59 Å². The molecular formula is C15H14Cl2N2O3. The van der Waals surface area contributed by atoms with Crippen molar-refractivity contribution in [2.24, 2.45) is 0 Å². The molecule has 0 aliphatic carbocycles. The van der Waals surface area contributed by atoms with Gasteiger partial charge in [0.1, 0.15) is 11.5 Å². The van der Waals surface area contributed by atoms with Crippen LogP contribution in [0.15, 0.2) is 28.7 Å². The molecule has 5 nitrogen and oxygen atoms in total. The Morgan fingerprint density at radius 1 is 1.14 bits per heavy atom. The Hall–Kier alpha value is -1.98. The fourth-order valence-corrected chi connectivity index (χ4v) is 2.19. The van der Waals surface area contributed by atoms with Gasteiger partial charge in [-0.25, -0.2) is 0 Å². The average molecular weight is 341 g/mol. The molecule has 0 atom stereocenters. The summed E-state index contributed by atoms with van der Waals surface area (Å²) in [4.78, 5) is 23.8. The maximum Gasteiger partial charge on any atom is 0.255 e. The second-order valence-corrected chi connectivity index (χ2v) is 5.50. The molecule has 1 aromatic heterocycles. The van der Waals surface area contributed by atoms with Crippen LogP contribution in [0.1, 0.15) is 21.9 Å². The normalized spacial score (nSPS) is 10.4. The number of furan rings is 1. The largest absolute Gasteiger partial charge is 0.466 e. The molecule has 2 rings (SSSR count). The van der Waals surface area contributed by atoms with Gasteiger partial charge in [0.2, 0.25) is 5.91 Å². The van der Waals surface area contributed by atoms with Crippen LogP contribution in [0.4, 0.5) is 5.69 Å². The number of halogens is 2. The van der Waals surface area contributed by atoms with Gasteiger partial charge in [0.25, 0.3) is 5.91 Å². The van der Waals surface area contributed by atoms with Gasteiger partial charge >= 0.3 is 0 Å². The van der Waals surface area contributed by atoms with Crippen molar-refractivity contribution >= 4 is 40.7 Å². The molecular weight excluding hydrogens is 327 g/mol. The minimum atomic E-state index is -0.371. The van der Waals surface area contributed by atoms with E-state index in [-0.39, 0.29) is 18.4 Å². The number of aryl methyl sites for hydroxylation is 2. The summed E-state index contributed by atoms with van der Waals surface area (Å²) in [5, 5.41) is 5.89. The lowest BCUT2D eigenvalue weighted by atomic mass is 10.2. The second-order valence-electron chi connectivity index (χ2n) is 4.69. The monoisotopic (exact) mass is 340 g/mol. The van der Waals surface area contributed by atoms with Gasteiger partial charge < -0.3 is 15.1 Å². The maximum atomic E-state index is 11.9. The number of rotatable bonds is 4. The van der Waals surface area contributed by atoms with Gasteiger partial charge in [-0.05, 0) is 38.1 Å².